The van der Waals surface area contributed by atoms with Crippen molar-refractivity contribution >= 4 is 40.5 Å². The summed E-state index contributed by atoms with van der Waals surface area (Å²) in [4.78, 5) is 13.3. The molecule has 1 aliphatic heterocycles. The zero-order valence-electron chi connectivity index (χ0n) is 17.5. The lowest BCUT2D eigenvalue weighted by Gasteiger charge is -2.39. The van der Waals surface area contributed by atoms with Gasteiger partial charge in [0.15, 0.2) is 0 Å². The molecule has 1 amide bonds. The fourth-order valence-electron chi connectivity index (χ4n) is 5.19. The molecule has 4 atom stereocenters. The second kappa shape index (κ2) is 8.80. The van der Waals surface area contributed by atoms with Crippen molar-refractivity contribution in [3.05, 3.63) is 70.2 Å². The van der Waals surface area contributed by atoms with Crippen LogP contribution >= 0.6 is 23.2 Å². The molecule has 0 saturated heterocycles. The van der Waals surface area contributed by atoms with Crippen LogP contribution in [0.15, 0.2) is 59.7 Å². The van der Waals surface area contributed by atoms with Gasteiger partial charge < -0.3 is 10.4 Å². The van der Waals surface area contributed by atoms with Crippen LogP contribution in [0, 0.1) is 11.8 Å². The van der Waals surface area contributed by atoms with Crippen LogP contribution in [-0.2, 0) is 4.79 Å². The van der Waals surface area contributed by atoms with Crippen molar-refractivity contribution in [3.8, 4) is 5.75 Å². The molecule has 2 aromatic rings. The summed E-state index contributed by atoms with van der Waals surface area (Å²) in [6.45, 7) is 0. The molecule has 0 radical (unpaired) electrons. The number of carbonyl (C=O) groups is 1. The summed E-state index contributed by atoms with van der Waals surface area (Å²) in [7, 11) is 0. The summed E-state index contributed by atoms with van der Waals surface area (Å²) >= 11 is 12.6. The minimum absolute atomic E-state index is 0.112. The topological polar surface area (TPSA) is 64.9 Å². The molecular weight excluding hydrogens is 445 g/mol. The van der Waals surface area contributed by atoms with Crippen LogP contribution in [0.3, 0.4) is 0 Å². The van der Waals surface area contributed by atoms with E-state index < -0.39 is 0 Å². The summed E-state index contributed by atoms with van der Waals surface area (Å²) in [6.07, 6.45) is 9.49. The average Bonchev–Trinajstić information content (AvgIpc) is 3.19. The highest BCUT2D eigenvalue weighted by Gasteiger charge is 2.38. The fraction of sp³-hybridized carbons (Fsp3) is 0.360. The number of aromatic hydroxyl groups is 1. The number of hydrazone groups is 1. The van der Waals surface area contributed by atoms with Gasteiger partial charge in [0, 0.05) is 17.5 Å². The Morgan fingerprint density at radius 3 is 2.69 bits per heavy atom. The van der Waals surface area contributed by atoms with E-state index in [0.29, 0.717) is 39.7 Å². The van der Waals surface area contributed by atoms with Gasteiger partial charge in [-0.3, -0.25) is 9.80 Å². The molecule has 1 fully saturated rings. The van der Waals surface area contributed by atoms with E-state index in [2.05, 4.69) is 17.5 Å². The van der Waals surface area contributed by atoms with E-state index in [1.807, 2.05) is 18.2 Å². The highest BCUT2D eigenvalue weighted by Crippen LogP contribution is 2.41. The first-order valence-electron chi connectivity index (χ1n) is 11.1. The number of phenolic OH excluding ortho intramolecular Hbond substituents is 1. The number of phenols is 1. The number of rotatable bonds is 4. The number of amides is 1. The maximum Gasteiger partial charge on any atom is 0.267 e. The first-order valence-corrected chi connectivity index (χ1v) is 11.8. The number of benzene rings is 2. The Morgan fingerprint density at radius 1 is 1.12 bits per heavy atom. The van der Waals surface area contributed by atoms with Crippen LogP contribution in [0.4, 0.5) is 5.69 Å². The molecule has 7 heteroatoms. The molecule has 0 aromatic heterocycles. The van der Waals surface area contributed by atoms with Crippen molar-refractivity contribution in [2.45, 2.75) is 44.2 Å². The van der Waals surface area contributed by atoms with Gasteiger partial charge in [-0.2, -0.15) is 5.10 Å². The van der Waals surface area contributed by atoms with Gasteiger partial charge in [-0.1, -0.05) is 53.9 Å². The molecule has 3 aliphatic rings. The SMILES string of the molecule is O=C(NC1C2C=CCC1CCC2)C1=NN(c2ccc(Cl)cc2Cl)C(c2ccc(O)cc2)C1. The van der Waals surface area contributed by atoms with Gasteiger partial charge in [0.2, 0.25) is 0 Å². The normalized spacial score (nSPS) is 26.7. The number of nitrogens with one attached hydrogen (secondary N) is 1. The van der Waals surface area contributed by atoms with Gasteiger partial charge in [-0.05, 0) is 67.0 Å². The number of fused-ring (bicyclic) bond motifs is 2. The summed E-state index contributed by atoms with van der Waals surface area (Å²) in [5, 5.41) is 20.5. The molecule has 2 aliphatic carbocycles. The van der Waals surface area contributed by atoms with Crippen LogP contribution in [0.1, 0.15) is 43.7 Å². The largest absolute Gasteiger partial charge is 0.508 e. The Morgan fingerprint density at radius 2 is 1.94 bits per heavy atom. The molecule has 1 heterocycles. The minimum Gasteiger partial charge on any atom is -0.508 e. The number of halogens is 2. The maximum atomic E-state index is 13.3. The molecular formula is C25H25Cl2N3O2. The highest BCUT2D eigenvalue weighted by molar-refractivity contribution is 6.40. The maximum absolute atomic E-state index is 13.3. The van der Waals surface area contributed by atoms with Gasteiger partial charge >= 0.3 is 0 Å². The van der Waals surface area contributed by atoms with Gasteiger partial charge in [-0.25, -0.2) is 0 Å². The number of nitrogens with zero attached hydrogens (tertiary/aromatic N) is 2. The predicted molar refractivity (Wildman–Crippen MR) is 128 cm³/mol. The Hall–Kier alpha value is -2.50. The third-order valence-corrected chi connectivity index (χ3v) is 7.35. The smallest absolute Gasteiger partial charge is 0.267 e. The van der Waals surface area contributed by atoms with Crippen molar-refractivity contribution in [1.29, 1.82) is 0 Å². The highest BCUT2D eigenvalue weighted by atomic mass is 35.5. The monoisotopic (exact) mass is 469 g/mol. The zero-order valence-corrected chi connectivity index (χ0v) is 19.1. The third-order valence-electron chi connectivity index (χ3n) is 6.81. The number of allylic oxidation sites excluding steroid dienone is 1. The van der Waals surface area contributed by atoms with E-state index in [0.717, 1.165) is 24.8 Å². The van der Waals surface area contributed by atoms with Crippen LogP contribution in [0.2, 0.25) is 10.0 Å². The van der Waals surface area contributed by atoms with Gasteiger partial charge in [0.05, 0.1) is 16.8 Å². The second-order valence-electron chi connectivity index (χ2n) is 8.82. The van der Waals surface area contributed by atoms with Crippen LogP contribution in [0.25, 0.3) is 0 Å². The van der Waals surface area contributed by atoms with E-state index in [1.54, 1.807) is 29.3 Å². The van der Waals surface area contributed by atoms with Crippen LogP contribution in [-0.4, -0.2) is 22.8 Å². The van der Waals surface area contributed by atoms with Crippen LogP contribution < -0.4 is 10.3 Å². The summed E-state index contributed by atoms with van der Waals surface area (Å²) in [5.74, 6) is 0.986. The van der Waals surface area contributed by atoms with Gasteiger partial charge in [-0.15, -0.1) is 0 Å². The van der Waals surface area contributed by atoms with E-state index in [4.69, 9.17) is 28.3 Å². The quantitative estimate of drug-likeness (QED) is 0.550. The minimum atomic E-state index is -0.208. The molecule has 2 N–H and O–H groups in total. The predicted octanol–water partition coefficient (Wildman–Crippen LogP) is 5.87. The van der Waals surface area contributed by atoms with Gasteiger partial charge in [0.1, 0.15) is 11.5 Å². The van der Waals surface area contributed by atoms with E-state index in [9.17, 15) is 9.90 Å². The summed E-state index contributed by atoms with van der Waals surface area (Å²) < 4.78 is 0. The molecule has 32 heavy (non-hydrogen) atoms. The van der Waals surface area contributed by atoms with Crippen molar-refractivity contribution in [2.75, 3.05) is 5.01 Å². The van der Waals surface area contributed by atoms with Crippen molar-refractivity contribution in [3.63, 3.8) is 0 Å². The Bertz CT molecular complexity index is 1080. The lowest BCUT2D eigenvalue weighted by Crippen LogP contribution is -2.50. The number of hydrogen-bond acceptors (Lipinski definition) is 4. The van der Waals surface area contributed by atoms with Crippen molar-refractivity contribution in [1.82, 2.24) is 5.32 Å². The Labute approximate surface area is 197 Å². The summed E-state index contributed by atoms with van der Waals surface area (Å²) in [5.41, 5.74) is 2.12. The number of anilines is 1. The molecule has 166 valence electrons. The molecule has 2 bridgehead atoms. The average molecular weight is 470 g/mol. The second-order valence-corrected chi connectivity index (χ2v) is 9.66. The summed E-state index contributed by atoms with van der Waals surface area (Å²) in [6, 6.07) is 12.2. The lowest BCUT2D eigenvalue weighted by molar-refractivity contribution is -0.116. The standard InChI is InChI=1S/C25H25Cl2N3O2/c26-18-9-12-22(20(27)13-18)30-23(15-7-10-19(31)11-8-15)14-21(29-30)25(32)28-24-16-3-1-4-17(24)6-2-5-16/h1,3,7-13,16-17,23-24,31H,2,4-6,14H2,(H,28,32). The van der Waals surface area contributed by atoms with Crippen molar-refractivity contribution < 1.29 is 9.90 Å². The Balaban J connectivity index is 1.44. The van der Waals surface area contributed by atoms with Crippen molar-refractivity contribution in [2.24, 2.45) is 16.9 Å². The first-order chi connectivity index (χ1) is 15.5. The zero-order chi connectivity index (χ0) is 22.2. The van der Waals surface area contributed by atoms with E-state index >= 15 is 0 Å². The molecule has 0 spiro atoms. The molecule has 5 nitrogen and oxygen atoms in total. The number of hydrogen-bond donors (Lipinski definition) is 2. The van der Waals surface area contributed by atoms with E-state index in [-0.39, 0.29) is 23.7 Å². The molecule has 4 unspecified atom stereocenters. The molecule has 1 saturated carbocycles. The number of carbonyl (C=O) groups excluding carboxylic acids is 1. The fourth-order valence-corrected chi connectivity index (χ4v) is 5.68. The van der Waals surface area contributed by atoms with Gasteiger partial charge in [0.25, 0.3) is 5.91 Å². The molecule has 5 rings (SSSR count). The molecule has 2 aromatic carbocycles. The third kappa shape index (κ3) is 4.12. The van der Waals surface area contributed by atoms with Crippen LogP contribution in [0.5, 0.6) is 5.75 Å². The van der Waals surface area contributed by atoms with E-state index in [1.165, 1.54) is 6.42 Å². The Kier molecular flexibility index (Phi) is 5.87. The first kappa shape index (κ1) is 21.4. The lowest BCUT2D eigenvalue weighted by atomic mass is 9.72.